The van der Waals surface area contributed by atoms with E-state index in [1.807, 2.05) is 42.5 Å². The number of aliphatic hydroxyl groups excluding tert-OH is 1. The third kappa shape index (κ3) is 7.97. The van der Waals surface area contributed by atoms with E-state index in [4.69, 9.17) is 5.73 Å². The number of likely N-dealkylation sites (N-methyl/N-ethyl adjacent to an activating group) is 1. The first kappa shape index (κ1) is 33.0. The summed E-state index contributed by atoms with van der Waals surface area (Å²) in [6.07, 6.45) is 1.62. The lowest BCUT2D eigenvalue weighted by Gasteiger charge is -2.38. The first-order valence-electron chi connectivity index (χ1n) is 14.4. The minimum atomic E-state index is -2.25. The van der Waals surface area contributed by atoms with Crippen LogP contribution in [0.1, 0.15) is 23.1 Å². The van der Waals surface area contributed by atoms with Crippen LogP contribution >= 0.6 is 0 Å². The Morgan fingerprint density at radius 3 is 2.20 bits per heavy atom. The number of Topliss-reactive ketones (excluding diaryl/α,β-unsaturated/α-hetero) is 1. The summed E-state index contributed by atoms with van der Waals surface area (Å²) in [5.41, 5.74) is 5.82. The molecule has 0 heterocycles. The van der Waals surface area contributed by atoms with E-state index < -0.39 is 47.6 Å². The largest absolute Gasteiger partial charge is 0.508 e. The third-order valence-electron chi connectivity index (χ3n) is 7.88. The van der Waals surface area contributed by atoms with Crippen molar-refractivity contribution in [1.29, 1.82) is 0 Å². The molecule has 0 spiro atoms. The van der Waals surface area contributed by atoms with Crippen molar-refractivity contribution in [2.24, 2.45) is 5.73 Å². The highest BCUT2D eigenvalue weighted by Gasteiger charge is 2.48. The van der Waals surface area contributed by atoms with Crippen molar-refractivity contribution in [1.82, 2.24) is 10.2 Å². The van der Waals surface area contributed by atoms with Gasteiger partial charge >= 0.3 is 0 Å². The quantitative estimate of drug-likeness (QED) is 0.160. The normalized spacial score (nSPS) is 13.8. The highest BCUT2D eigenvalue weighted by atomic mass is 19.1. The fourth-order valence-electron chi connectivity index (χ4n) is 5.19. The van der Waals surface area contributed by atoms with Crippen molar-refractivity contribution in [3.8, 4) is 5.75 Å². The molecule has 0 bridgehead atoms. The molecule has 0 aliphatic carbocycles. The number of amides is 2. The Bertz CT molecular complexity index is 1660. The molecule has 0 fully saturated rings. The van der Waals surface area contributed by atoms with Crippen molar-refractivity contribution < 1.29 is 33.8 Å². The summed E-state index contributed by atoms with van der Waals surface area (Å²) in [7, 11) is 1.28. The van der Waals surface area contributed by atoms with E-state index in [0.29, 0.717) is 11.1 Å². The van der Waals surface area contributed by atoms with Gasteiger partial charge in [0.05, 0.1) is 12.6 Å². The van der Waals surface area contributed by atoms with Crippen LogP contribution in [0.25, 0.3) is 10.8 Å². The molecule has 4 aromatic carbocycles. The summed E-state index contributed by atoms with van der Waals surface area (Å²) in [6, 6.07) is 22.0. The highest BCUT2D eigenvalue weighted by molar-refractivity contribution is 6.10. The van der Waals surface area contributed by atoms with Gasteiger partial charge in [0.2, 0.25) is 18.1 Å². The highest BCUT2D eigenvalue weighted by Crippen LogP contribution is 2.25. The Labute approximate surface area is 260 Å². The molecule has 0 saturated heterocycles. The number of carbonyl (C=O) groups is 3. The number of ketones is 1. The van der Waals surface area contributed by atoms with Gasteiger partial charge in [-0.3, -0.25) is 19.2 Å². The molecule has 3 atom stereocenters. The van der Waals surface area contributed by atoms with Gasteiger partial charge in [0, 0.05) is 19.9 Å². The number of phenolic OH excluding ortho intramolecular Hbond substituents is 1. The molecule has 0 aromatic heterocycles. The fourth-order valence-corrected chi connectivity index (χ4v) is 5.19. The molecule has 2 amide bonds. The van der Waals surface area contributed by atoms with E-state index in [0.717, 1.165) is 21.2 Å². The molecule has 4 rings (SSSR count). The lowest BCUT2D eigenvalue weighted by atomic mass is 9.82. The molecule has 5 N–H and O–H groups in total. The second-order valence-corrected chi connectivity index (χ2v) is 11.0. The van der Waals surface area contributed by atoms with Crippen LogP contribution < -0.4 is 11.1 Å². The van der Waals surface area contributed by atoms with E-state index in [2.05, 4.69) is 5.32 Å². The van der Waals surface area contributed by atoms with E-state index in [1.54, 1.807) is 6.29 Å². The van der Waals surface area contributed by atoms with Gasteiger partial charge in [0.1, 0.15) is 17.6 Å². The second kappa shape index (κ2) is 14.7. The van der Waals surface area contributed by atoms with E-state index >= 15 is 0 Å². The van der Waals surface area contributed by atoms with Crippen molar-refractivity contribution in [2.75, 3.05) is 13.7 Å². The zero-order chi connectivity index (χ0) is 32.6. The van der Waals surface area contributed by atoms with Gasteiger partial charge in [0.25, 0.3) is 0 Å². The number of nitrogens with two attached hydrogens (primary N) is 1. The third-order valence-corrected chi connectivity index (χ3v) is 7.88. The number of aromatic hydroxyl groups is 1. The van der Waals surface area contributed by atoms with E-state index in [-0.39, 0.29) is 31.4 Å². The molecular formula is C35H35FN3O6. The molecule has 4 aromatic rings. The molecule has 9 nitrogen and oxygen atoms in total. The maximum Gasteiger partial charge on any atom is 0.237 e. The van der Waals surface area contributed by atoms with Gasteiger partial charge in [-0.2, -0.15) is 0 Å². The summed E-state index contributed by atoms with van der Waals surface area (Å²) < 4.78 is 13.3. The number of halogens is 1. The number of nitrogens with zero attached hydrogens (tertiary/aromatic N) is 1. The number of rotatable bonds is 14. The predicted octanol–water partition coefficient (Wildman–Crippen LogP) is 2.78. The minimum absolute atomic E-state index is 0.0459. The Balaban J connectivity index is 1.55. The van der Waals surface area contributed by atoms with Crippen LogP contribution in [-0.2, 0) is 38.4 Å². The van der Waals surface area contributed by atoms with Crippen LogP contribution in [0.5, 0.6) is 5.75 Å². The molecule has 1 radical (unpaired) electrons. The average molecular weight is 613 g/mol. The molecule has 10 heteroatoms. The zero-order valence-corrected chi connectivity index (χ0v) is 24.8. The molecular weight excluding hydrogens is 577 g/mol. The van der Waals surface area contributed by atoms with Gasteiger partial charge in [-0.05, 0) is 64.6 Å². The van der Waals surface area contributed by atoms with E-state index in [1.165, 1.54) is 55.6 Å². The first-order valence-corrected chi connectivity index (χ1v) is 14.4. The molecule has 0 saturated carbocycles. The molecule has 233 valence electrons. The standard InChI is InChI=1S/C35H35FN3O6/c1-39(32(43)17-11-23-7-13-28(36)14-8-23)35(22-41,20-24-9-15-29(42)16-10-24)33(44)31(21-40)38-34(45)30(37)19-25-6-12-26-4-2-3-5-27(26)18-25/h2-10,12-16,18,30-31,40,42H,11,17,19-21,37H2,1H3,(H,38,45)/t30-,31-,35-/m0/s1. The minimum Gasteiger partial charge on any atom is -0.508 e. The van der Waals surface area contributed by atoms with Gasteiger partial charge in [-0.1, -0.05) is 66.7 Å². The first-order chi connectivity index (χ1) is 21.6. The van der Waals surface area contributed by atoms with Gasteiger partial charge in [-0.15, -0.1) is 0 Å². The Morgan fingerprint density at radius 2 is 1.56 bits per heavy atom. The van der Waals surface area contributed by atoms with Crippen LogP contribution in [0.15, 0.2) is 91.0 Å². The van der Waals surface area contributed by atoms with Gasteiger partial charge < -0.3 is 26.2 Å². The summed E-state index contributed by atoms with van der Waals surface area (Å²) in [5.74, 6) is -2.76. The topological polar surface area (TPSA) is 150 Å². The number of nitrogens with one attached hydrogen (secondary N) is 1. The molecule has 0 aliphatic heterocycles. The average Bonchev–Trinajstić information content (AvgIpc) is 3.05. The van der Waals surface area contributed by atoms with Gasteiger partial charge in [-0.25, -0.2) is 4.39 Å². The number of phenols is 1. The summed E-state index contributed by atoms with van der Waals surface area (Å²) in [4.78, 5) is 54.3. The summed E-state index contributed by atoms with van der Waals surface area (Å²) >= 11 is 0. The number of aliphatic hydroxyl groups is 1. The fraction of sp³-hybridized carbons (Fsp3) is 0.257. The van der Waals surface area contributed by atoms with Crippen molar-refractivity contribution in [3.05, 3.63) is 114 Å². The van der Waals surface area contributed by atoms with Crippen LogP contribution in [0, 0.1) is 5.82 Å². The Kier molecular flexibility index (Phi) is 10.8. The Morgan fingerprint density at radius 1 is 0.933 bits per heavy atom. The summed E-state index contributed by atoms with van der Waals surface area (Å²) in [5, 5.41) is 24.4. The van der Waals surface area contributed by atoms with Crippen molar-refractivity contribution in [2.45, 2.75) is 43.3 Å². The molecule has 0 unspecified atom stereocenters. The van der Waals surface area contributed by atoms with Crippen LogP contribution in [0.4, 0.5) is 4.39 Å². The lowest BCUT2D eigenvalue weighted by molar-refractivity contribution is -0.143. The monoisotopic (exact) mass is 612 g/mol. The SMILES string of the molecule is CN(C(=O)CCc1ccc(F)cc1)[C@]([C]=O)(Cc1ccc(O)cc1)C(=O)[C@H](CO)NC(=O)[C@@H](N)Cc1ccc2ccccc2c1. The van der Waals surface area contributed by atoms with Crippen LogP contribution in [0.3, 0.4) is 0 Å². The van der Waals surface area contributed by atoms with Crippen molar-refractivity contribution in [3.63, 3.8) is 0 Å². The van der Waals surface area contributed by atoms with Crippen LogP contribution in [0.2, 0.25) is 0 Å². The predicted molar refractivity (Wildman–Crippen MR) is 167 cm³/mol. The lowest BCUT2D eigenvalue weighted by Crippen LogP contribution is -2.65. The number of benzene rings is 4. The second-order valence-electron chi connectivity index (χ2n) is 11.0. The number of hydrogen-bond acceptors (Lipinski definition) is 7. The maximum atomic E-state index is 14.1. The summed E-state index contributed by atoms with van der Waals surface area (Å²) in [6.45, 7) is -0.871. The maximum absolute atomic E-state index is 14.1. The number of aryl methyl sites for hydroxylation is 1. The number of hydrogen-bond donors (Lipinski definition) is 4. The van der Waals surface area contributed by atoms with Crippen molar-refractivity contribution >= 4 is 34.7 Å². The zero-order valence-electron chi connectivity index (χ0n) is 24.8. The smallest absolute Gasteiger partial charge is 0.237 e. The molecule has 45 heavy (non-hydrogen) atoms. The number of fused-ring (bicyclic) bond motifs is 1. The number of carbonyl (C=O) groups excluding carboxylic acids is 4. The molecule has 0 aliphatic rings. The van der Waals surface area contributed by atoms with E-state index in [9.17, 15) is 33.8 Å². The van der Waals surface area contributed by atoms with Crippen LogP contribution in [-0.4, -0.2) is 70.3 Å². The Hall–Kier alpha value is -4.93. The van der Waals surface area contributed by atoms with Gasteiger partial charge in [0.15, 0.2) is 11.3 Å².